The summed E-state index contributed by atoms with van der Waals surface area (Å²) in [4.78, 5) is 0. The number of hydrogen-bond donors (Lipinski definition) is 0. The molecule has 0 atom stereocenters. The molecule has 0 saturated heterocycles. The second-order valence-corrected chi connectivity index (χ2v) is 3.87. The van der Waals surface area contributed by atoms with Crippen molar-refractivity contribution in [3.8, 4) is 0 Å². The van der Waals surface area contributed by atoms with E-state index in [1.807, 2.05) is 32.9 Å². The fourth-order valence-electron chi connectivity index (χ4n) is 1.54. The van der Waals surface area contributed by atoms with Crippen molar-refractivity contribution < 1.29 is 4.39 Å². The molecule has 1 rings (SSSR count). The number of aryl methyl sites for hydroxylation is 2. The van der Waals surface area contributed by atoms with Crippen molar-refractivity contribution in [2.45, 2.75) is 27.7 Å². The van der Waals surface area contributed by atoms with Gasteiger partial charge >= 0.3 is 0 Å². The number of rotatable bonds is 2. The minimum absolute atomic E-state index is 0.166. The predicted molar refractivity (Wildman–Crippen MR) is 64.3 cm³/mol. The van der Waals surface area contributed by atoms with E-state index in [-0.39, 0.29) is 5.82 Å². The van der Waals surface area contributed by atoms with Crippen molar-refractivity contribution in [1.29, 1.82) is 0 Å². The van der Waals surface area contributed by atoms with Crippen LogP contribution in [0, 0.1) is 19.7 Å². The van der Waals surface area contributed by atoms with Gasteiger partial charge in [0, 0.05) is 0 Å². The Bertz CT molecular complexity index is 425. The molecule has 1 aromatic carbocycles. The fourth-order valence-corrected chi connectivity index (χ4v) is 1.54. The number of benzene rings is 1. The van der Waals surface area contributed by atoms with Crippen LogP contribution in [-0.2, 0) is 0 Å². The molecule has 80 valence electrons. The molecule has 0 aliphatic carbocycles. The largest absolute Gasteiger partial charge is 0.207 e. The van der Waals surface area contributed by atoms with E-state index >= 15 is 0 Å². The van der Waals surface area contributed by atoms with E-state index < -0.39 is 0 Å². The maximum absolute atomic E-state index is 13.4. The minimum Gasteiger partial charge on any atom is -0.207 e. The van der Waals surface area contributed by atoms with E-state index in [2.05, 4.69) is 6.58 Å². The lowest BCUT2D eigenvalue weighted by Crippen LogP contribution is -1.93. The predicted octanol–water partition coefficient (Wildman–Crippen LogP) is 4.42. The van der Waals surface area contributed by atoms with Crippen molar-refractivity contribution in [1.82, 2.24) is 0 Å². The molecule has 15 heavy (non-hydrogen) atoms. The summed E-state index contributed by atoms with van der Waals surface area (Å²) in [5.74, 6) is -0.166. The molecule has 1 aromatic rings. The van der Waals surface area contributed by atoms with Gasteiger partial charge in [-0.25, -0.2) is 4.39 Å². The van der Waals surface area contributed by atoms with Gasteiger partial charge in [0.15, 0.2) is 0 Å². The first-order valence-corrected chi connectivity index (χ1v) is 5.06. The van der Waals surface area contributed by atoms with E-state index in [1.54, 1.807) is 13.0 Å². The Morgan fingerprint density at radius 3 is 2.40 bits per heavy atom. The average molecular weight is 204 g/mol. The van der Waals surface area contributed by atoms with E-state index in [1.165, 1.54) is 0 Å². The summed E-state index contributed by atoms with van der Waals surface area (Å²) in [5, 5.41) is 0. The normalized spacial score (nSPS) is 11.7. The Hall–Kier alpha value is -1.37. The van der Waals surface area contributed by atoms with Crippen molar-refractivity contribution >= 4 is 5.57 Å². The van der Waals surface area contributed by atoms with Gasteiger partial charge in [0.25, 0.3) is 0 Å². The molecule has 0 saturated carbocycles. The molecule has 0 N–H and O–H groups in total. The lowest BCUT2D eigenvalue weighted by molar-refractivity contribution is 0.617. The monoisotopic (exact) mass is 204 g/mol. The highest BCUT2D eigenvalue weighted by atomic mass is 19.1. The van der Waals surface area contributed by atoms with E-state index in [4.69, 9.17) is 0 Å². The van der Waals surface area contributed by atoms with Crippen LogP contribution in [0.2, 0.25) is 0 Å². The molecule has 0 aromatic heterocycles. The Morgan fingerprint density at radius 2 is 1.87 bits per heavy atom. The van der Waals surface area contributed by atoms with Crippen molar-refractivity contribution in [3.63, 3.8) is 0 Å². The summed E-state index contributed by atoms with van der Waals surface area (Å²) < 4.78 is 13.4. The molecule has 0 spiro atoms. The van der Waals surface area contributed by atoms with Crippen LogP contribution in [0.3, 0.4) is 0 Å². The minimum atomic E-state index is -0.166. The smallest absolute Gasteiger partial charge is 0.126 e. The zero-order valence-electron chi connectivity index (χ0n) is 9.82. The van der Waals surface area contributed by atoms with Gasteiger partial charge in [-0.05, 0) is 61.6 Å². The summed E-state index contributed by atoms with van der Waals surface area (Å²) in [7, 11) is 0. The maximum Gasteiger partial charge on any atom is 0.126 e. The van der Waals surface area contributed by atoms with E-state index in [0.717, 1.165) is 22.3 Å². The van der Waals surface area contributed by atoms with Crippen LogP contribution in [0.1, 0.15) is 30.5 Å². The zero-order chi connectivity index (χ0) is 11.6. The summed E-state index contributed by atoms with van der Waals surface area (Å²) >= 11 is 0. The van der Waals surface area contributed by atoms with Crippen LogP contribution in [0.5, 0.6) is 0 Å². The zero-order valence-corrected chi connectivity index (χ0v) is 9.82. The Balaban J connectivity index is 3.27. The molecular weight excluding hydrogens is 187 g/mol. The maximum atomic E-state index is 13.4. The summed E-state index contributed by atoms with van der Waals surface area (Å²) in [6, 6.07) is 3.43. The van der Waals surface area contributed by atoms with Crippen LogP contribution in [0.25, 0.3) is 5.57 Å². The van der Waals surface area contributed by atoms with Crippen molar-refractivity contribution in [3.05, 3.63) is 52.9 Å². The SMILES string of the molecule is C=C(/C(C)=C\C)c1cc(F)c(C)cc1C. The molecule has 1 heteroatoms. The molecular formula is C14H17F. The highest BCUT2D eigenvalue weighted by Crippen LogP contribution is 2.26. The van der Waals surface area contributed by atoms with Crippen molar-refractivity contribution in [2.75, 3.05) is 0 Å². The molecule has 0 amide bonds. The Kier molecular flexibility index (Phi) is 3.46. The molecule has 0 nitrogen and oxygen atoms in total. The van der Waals surface area contributed by atoms with E-state index in [9.17, 15) is 4.39 Å². The molecule has 0 radical (unpaired) electrons. The van der Waals surface area contributed by atoms with E-state index in [0.29, 0.717) is 5.56 Å². The van der Waals surface area contributed by atoms with Crippen LogP contribution in [-0.4, -0.2) is 0 Å². The average Bonchev–Trinajstić information content (AvgIpc) is 2.21. The van der Waals surface area contributed by atoms with Gasteiger partial charge in [-0.15, -0.1) is 0 Å². The summed E-state index contributed by atoms with van der Waals surface area (Å²) in [6.07, 6.45) is 1.99. The van der Waals surface area contributed by atoms with Gasteiger partial charge < -0.3 is 0 Å². The van der Waals surface area contributed by atoms with Gasteiger partial charge in [0.1, 0.15) is 5.82 Å². The highest BCUT2D eigenvalue weighted by Gasteiger charge is 2.07. The lowest BCUT2D eigenvalue weighted by atomic mass is 9.95. The standard InChI is InChI=1S/C14H17F/c1-6-9(2)12(5)13-8-14(15)11(4)7-10(13)3/h6-8H,5H2,1-4H3/b9-6-. The van der Waals surface area contributed by atoms with Gasteiger partial charge in [0.05, 0.1) is 0 Å². The Labute approximate surface area is 91.1 Å². The third kappa shape index (κ3) is 2.35. The first kappa shape index (κ1) is 11.7. The van der Waals surface area contributed by atoms with Gasteiger partial charge in [-0.2, -0.15) is 0 Å². The quantitative estimate of drug-likeness (QED) is 0.625. The lowest BCUT2D eigenvalue weighted by Gasteiger charge is -2.11. The topological polar surface area (TPSA) is 0 Å². The molecule has 0 aliphatic heterocycles. The van der Waals surface area contributed by atoms with Crippen molar-refractivity contribution in [2.24, 2.45) is 0 Å². The first-order valence-electron chi connectivity index (χ1n) is 5.06. The second kappa shape index (κ2) is 4.43. The van der Waals surface area contributed by atoms with Gasteiger partial charge in [-0.3, -0.25) is 0 Å². The number of allylic oxidation sites excluding steroid dienone is 3. The Morgan fingerprint density at radius 1 is 1.27 bits per heavy atom. The molecule has 0 aliphatic rings. The molecule has 0 heterocycles. The highest BCUT2D eigenvalue weighted by molar-refractivity contribution is 5.78. The van der Waals surface area contributed by atoms with Crippen LogP contribution < -0.4 is 0 Å². The molecule has 0 bridgehead atoms. The van der Waals surface area contributed by atoms with Crippen LogP contribution in [0.4, 0.5) is 4.39 Å². The number of halogens is 1. The third-order valence-corrected chi connectivity index (χ3v) is 2.74. The summed E-state index contributed by atoms with van der Waals surface area (Å²) in [5.41, 5.74) is 4.63. The van der Waals surface area contributed by atoms with Crippen LogP contribution in [0.15, 0.2) is 30.4 Å². The van der Waals surface area contributed by atoms with Gasteiger partial charge in [-0.1, -0.05) is 18.7 Å². The fraction of sp³-hybridized carbons (Fsp3) is 0.286. The second-order valence-electron chi connectivity index (χ2n) is 3.87. The molecule has 0 fully saturated rings. The van der Waals surface area contributed by atoms with Crippen LogP contribution >= 0.6 is 0 Å². The number of hydrogen-bond acceptors (Lipinski definition) is 0. The van der Waals surface area contributed by atoms with Gasteiger partial charge in [0.2, 0.25) is 0 Å². The first-order chi connectivity index (χ1) is 6.97. The molecule has 0 unspecified atom stereocenters. The third-order valence-electron chi connectivity index (χ3n) is 2.74. The summed E-state index contributed by atoms with van der Waals surface area (Å²) in [6.45, 7) is 11.7.